The molecule has 0 bridgehead atoms. The molecule has 0 spiro atoms. The van der Waals surface area contributed by atoms with Crippen molar-refractivity contribution in [3.63, 3.8) is 0 Å². The van der Waals surface area contributed by atoms with Gasteiger partial charge in [0.1, 0.15) is 11.6 Å². The summed E-state index contributed by atoms with van der Waals surface area (Å²) < 4.78 is 28.3. The Morgan fingerprint density at radius 2 is 2.29 bits per heavy atom. The van der Waals surface area contributed by atoms with Gasteiger partial charge in [-0.3, -0.25) is 14.4 Å². The van der Waals surface area contributed by atoms with E-state index in [2.05, 4.69) is 10.3 Å². The van der Waals surface area contributed by atoms with E-state index in [0.29, 0.717) is 17.9 Å². The highest BCUT2D eigenvalue weighted by atomic mass is 32.2. The largest absolute Gasteiger partial charge is 0.360 e. The van der Waals surface area contributed by atoms with Crippen molar-refractivity contribution in [2.24, 2.45) is 0 Å². The Bertz CT molecular complexity index is 662. The molecule has 0 aromatic carbocycles. The van der Waals surface area contributed by atoms with E-state index < -0.39 is 17.5 Å². The van der Waals surface area contributed by atoms with Crippen LogP contribution in [-0.2, 0) is 11.2 Å². The Morgan fingerprint density at radius 3 is 2.95 bits per heavy atom. The minimum Gasteiger partial charge on any atom is -0.360 e. The molecule has 1 amide bonds. The summed E-state index contributed by atoms with van der Waals surface area (Å²) in [6.45, 7) is -0.241. The number of thioether (sulfide) groups is 1. The standard InChI is InChI=1S/C12H14F2N4O2S/c1-21-3-2-9-12(15-5-10(19)17-20)18-6-7(13)4-8(14)11(18)16-9/h4,6,15,20H,2-3,5H2,1H3,(H,17,19). The first kappa shape index (κ1) is 15.5. The van der Waals surface area contributed by atoms with Gasteiger partial charge in [-0.15, -0.1) is 0 Å². The molecule has 0 unspecified atom stereocenters. The molecule has 0 saturated heterocycles. The summed E-state index contributed by atoms with van der Waals surface area (Å²) in [4.78, 5) is 15.2. The normalized spacial score (nSPS) is 10.9. The van der Waals surface area contributed by atoms with Gasteiger partial charge in [-0.25, -0.2) is 19.2 Å². The van der Waals surface area contributed by atoms with E-state index in [1.54, 1.807) is 11.8 Å². The van der Waals surface area contributed by atoms with Crippen LogP contribution in [0, 0.1) is 11.6 Å². The first-order chi connectivity index (χ1) is 10.1. The van der Waals surface area contributed by atoms with Gasteiger partial charge in [0.2, 0.25) is 0 Å². The van der Waals surface area contributed by atoms with Crippen molar-refractivity contribution in [1.82, 2.24) is 14.9 Å². The Kier molecular flexibility index (Phi) is 4.97. The number of pyridine rings is 1. The lowest BCUT2D eigenvalue weighted by atomic mass is 10.3. The van der Waals surface area contributed by atoms with Gasteiger partial charge in [0.05, 0.1) is 12.2 Å². The van der Waals surface area contributed by atoms with Crippen LogP contribution in [0.2, 0.25) is 0 Å². The number of hydrogen-bond donors (Lipinski definition) is 3. The summed E-state index contributed by atoms with van der Waals surface area (Å²) >= 11 is 1.59. The predicted molar refractivity (Wildman–Crippen MR) is 75.6 cm³/mol. The lowest BCUT2D eigenvalue weighted by Gasteiger charge is -2.07. The highest BCUT2D eigenvalue weighted by Gasteiger charge is 2.16. The lowest BCUT2D eigenvalue weighted by Crippen LogP contribution is -2.27. The zero-order valence-corrected chi connectivity index (χ0v) is 12.0. The van der Waals surface area contributed by atoms with Crippen molar-refractivity contribution in [2.45, 2.75) is 6.42 Å². The number of nitrogens with zero attached hydrogens (tertiary/aromatic N) is 2. The maximum absolute atomic E-state index is 13.8. The van der Waals surface area contributed by atoms with Gasteiger partial charge in [-0.2, -0.15) is 11.8 Å². The van der Waals surface area contributed by atoms with Gasteiger partial charge >= 0.3 is 0 Å². The number of carbonyl (C=O) groups is 1. The minimum atomic E-state index is -0.778. The summed E-state index contributed by atoms with van der Waals surface area (Å²) in [6.07, 6.45) is 3.54. The van der Waals surface area contributed by atoms with Gasteiger partial charge in [0.25, 0.3) is 5.91 Å². The monoisotopic (exact) mass is 316 g/mol. The average Bonchev–Trinajstić information content (AvgIpc) is 2.80. The number of rotatable bonds is 6. The number of hydroxylamine groups is 1. The second-order valence-corrected chi connectivity index (χ2v) is 5.22. The molecule has 2 aromatic rings. The van der Waals surface area contributed by atoms with Crippen LogP contribution < -0.4 is 10.8 Å². The number of nitrogens with one attached hydrogen (secondary N) is 2. The second-order valence-electron chi connectivity index (χ2n) is 4.24. The molecule has 2 heterocycles. The van der Waals surface area contributed by atoms with E-state index in [0.717, 1.165) is 18.0 Å². The lowest BCUT2D eigenvalue weighted by molar-refractivity contribution is -0.127. The summed E-state index contributed by atoms with van der Waals surface area (Å²) in [7, 11) is 0. The topological polar surface area (TPSA) is 78.7 Å². The molecule has 2 aromatic heterocycles. The Hall–Kier alpha value is -1.87. The quantitative estimate of drug-likeness (QED) is 0.555. The van der Waals surface area contributed by atoms with Crippen molar-refractivity contribution < 1.29 is 18.8 Å². The van der Waals surface area contributed by atoms with Crippen LogP contribution in [0.5, 0.6) is 0 Å². The summed E-state index contributed by atoms with van der Waals surface area (Å²) in [5, 5.41) is 11.2. The molecule has 3 N–H and O–H groups in total. The third-order valence-electron chi connectivity index (χ3n) is 2.80. The van der Waals surface area contributed by atoms with E-state index in [4.69, 9.17) is 5.21 Å². The highest BCUT2D eigenvalue weighted by molar-refractivity contribution is 7.98. The molecule has 2 rings (SSSR count). The van der Waals surface area contributed by atoms with Crippen molar-refractivity contribution >= 4 is 29.1 Å². The van der Waals surface area contributed by atoms with Crippen molar-refractivity contribution in [1.29, 1.82) is 0 Å². The zero-order chi connectivity index (χ0) is 15.4. The molecule has 114 valence electrons. The van der Waals surface area contributed by atoms with E-state index in [1.165, 1.54) is 9.88 Å². The van der Waals surface area contributed by atoms with Crippen molar-refractivity contribution in [2.75, 3.05) is 23.9 Å². The van der Waals surface area contributed by atoms with Gasteiger partial charge < -0.3 is 5.32 Å². The fraction of sp³-hybridized carbons (Fsp3) is 0.333. The second kappa shape index (κ2) is 6.72. The molecule has 0 fully saturated rings. The Morgan fingerprint density at radius 1 is 1.52 bits per heavy atom. The van der Waals surface area contributed by atoms with Crippen LogP contribution >= 0.6 is 11.8 Å². The van der Waals surface area contributed by atoms with E-state index in [-0.39, 0.29) is 12.2 Å². The first-order valence-electron chi connectivity index (χ1n) is 6.08. The Labute approximate surface area is 123 Å². The molecular formula is C12H14F2N4O2S. The SMILES string of the molecule is CSCCc1nc2c(F)cc(F)cn2c1NCC(=O)NO. The fourth-order valence-corrected chi connectivity index (χ4v) is 2.28. The summed E-state index contributed by atoms with van der Waals surface area (Å²) in [5.74, 6) is -1.11. The number of anilines is 1. The summed E-state index contributed by atoms with van der Waals surface area (Å²) in [6, 6.07) is 0.755. The number of fused-ring (bicyclic) bond motifs is 1. The van der Waals surface area contributed by atoms with Crippen molar-refractivity contribution in [3.05, 3.63) is 29.6 Å². The molecule has 0 saturated carbocycles. The van der Waals surface area contributed by atoms with Crippen molar-refractivity contribution in [3.8, 4) is 0 Å². The van der Waals surface area contributed by atoms with E-state index in [9.17, 15) is 13.6 Å². The molecule has 0 aliphatic rings. The van der Waals surface area contributed by atoms with Crippen LogP contribution in [0.25, 0.3) is 5.65 Å². The van der Waals surface area contributed by atoms with Crippen LogP contribution in [0.1, 0.15) is 5.69 Å². The molecule has 0 radical (unpaired) electrons. The van der Waals surface area contributed by atoms with Crippen LogP contribution in [0.15, 0.2) is 12.3 Å². The molecular weight excluding hydrogens is 302 g/mol. The first-order valence-corrected chi connectivity index (χ1v) is 7.48. The smallest absolute Gasteiger partial charge is 0.262 e. The van der Waals surface area contributed by atoms with Crippen LogP contribution in [-0.4, -0.2) is 39.1 Å². The fourth-order valence-electron chi connectivity index (χ4n) is 1.88. The third kappa shape index (κ3) is 3.42. The third-order valence-corrected chi connectivity index (χ3v) is 3.41. The Balaban J connectivity index is 2.43. The number of aryl methyl sites for hydroxylation is 1. The number of aromatic nitrogens is 2. The molecule has 9 heteroatoms. The average molecular weight is 316 g/mol. The van der Waals surface area contributed by atoms with Crippen LogP contribution in [0.3, 0.4) is 0 Å². The predicted octanol–water partition coefficient (Wildman–Crippen LogP) is 1.44. The molecule has 0 aliphatic carbocycles. The number of hydrogen-bond acceptors (Lipinski definition) is 5. The number of amides is 1. The maximum Gasteiger partial charge on any atom is 0.262 e. The number of imidazole rings is 1. The molecule has 6 nitrogen and oxygen atoms in total. The van der Waals surface area contributed by atoms with E-state index >= 15 is 0 Å². The minimum absolute atomic E-state index is 0.0144. The highest BCUT2D eigenvalue weighted by Crippen LogP contribution is 2.22. The van der Waals surface area contributed by atoms with Gasteiger partial charge in [0.15, 0.2) is 11.5 Å². The van der Waals surface area contributed by atoms with E-state index in [1.807, 2.05) is 6.26 Å². The summed E-state index contributed by atoms with van der Waals surface area (Å²) in [5.41, 5.74) is 1.99. The van der Waals surface area contributed by atoms with Gasteiger partial charge in [-0.1, -0.05) is 0 Å². The zero-order valence-electron chi connectivity index (χ0n) is 11.2. The molecule has 21 heavy (non-hydrogen) atoms. The number of carbonyl (C=O) groups excluding carboxylic acids is 1. The molecule has 0 atom stereocenters. The maximum atomic E-state index is 13.8. The molecule has 0 aliphatic heterocycles. The van der Waals surface area contributed by atoms with Crippen LogP contribution in [0.4, 0.5) is 14.6 Å². The van der Waals surface area contributed by atoms with Gasteiger partial charge in [-0.05, 0) is 12.0 Å². The number of halogens is 2. The van der Waals surface area contributed by atoms with Gasteiger partial charge in [0, 0.05) is 18.7 Å².